The molecule has 2 aliphatic heterocycles. The molecule has 0 aromatic heterocycles. The first-order chi connectivity index (χ1) is 12.1. The third kappa shape index (κ3) is 4.06. The van der Waals surface area contributed by atoms with Gasteiger partial charge in [0.1, 0.15) is 11.2 Å². The fourth-order valence-corrected chi connectivity index (χ4v) is 5.29. The summed E-state index contributed by atoms with van der Waals surface area (Å²) in [5, 5.41) is 0. The lowest BCUT2D eigenvalue weighted by atomic mass is 9.82. The van der Waals surface area contributed by atoms with E-state index < -0.39 is 5.60 Å². The number of carbonyl (C=O) groups is 2. The van der Waals surface area contributed by atoms with Crippen LogP contribution in [0.4, 0.5) is 0 Å². The van der Waals surface area contributed by atoms with Crippen LogP contribution in [0, 0.1) is 0 Å². The van der Waals surface area contributed by atoms with Crippen molar-refractivity contribution in [3.63, 3.8) is 0 Å². The molecule has 4 rings (SSSR count). The fraction of sp³-hybridized carbons (Fsp3) is 0.909. The zero-order chi connectivity index (χ0) is 19.1. The standard InChI is InChI=1S/2C11H18O2/c1-10(2)9(12)8-11(13-10)6-4-3-5-7-11;1-10(2)8-9(12)11(13-10)6-4-3-5-7-11/h2*3-8H2,1-2H3. The molecule has 2 aliphatic carbocycles. The van der Waals surface area contributed by atoms with Crippen LogP contribution in [0.15, 0.2) is 0 Å². The van der Waals surface area contributed by atoms with Crippen molar-refractivity contribution in [3.05, 3.63) is 0 Å². The van der Waals surface area contributed by atoms with Crippen LogP contribution in [0.3, 0.4) is 0 Å². The number of Topliss-reactive ketones (excluding diaryl/α,β-unsaturated/α-hetero) is 2. The van der Waals surface area contributed by atoms with Gasteiger partial charge in [-0.1, -0.05) is 38.5 Å². The number of hydrogen-bond donors (Lipinski definition) is 0. The lowest BCUT2D eigenvalue weighted by molar-refractivity contribution is -0.143. The second-order valence-corrected chi connectivity index (χ2v) is 9.97. The molecule has 2 saturated carbocycles. The monoisotopic (exact) mass is 364 g/mol. The van der Waals surface area contributed by atoms with E-state index >= 15 is 0 Å². The summed E-state index contributed by atoms with van der Waals surface area (Å²) < 4.78 is 11.9. The Balaban J connectivity index is 0.000000151. The molecule has 0 radical (unpaired) electrons. The van der Waals surface area contributed by atoms with Gasteiger partial charge in [0.25, 0.3) is 0 Å². The minimum atomic E-state index is -0.517. The smallest absolute Gasteiger partial charge is 0.167 e. The lowest BCUT2D eigenvalue weighted by Gasteiger charge is -2.33. The Kier molecular flexibility index (Phi) is 5.40. The zero-order valence-electron chi connectivity index (χ0n) is 17.1. The van der Waals surface area contributed by atoms with Gasteiger partial charge < -0.3 is 9.47 Å². The summed E-state index contributed by atoms with van der Waals surface area (Å²) in [5.41, 5.74) is -1.17. The molecule has 4 fully saturated rings. The van der Waals surface area contributed by atoms with E-state index in [0.29, 0.717) is 18.6 Å². The highest BCUT2D eigenvalue weighted by atomic mass is 16.5. The molecular formula is C22H36O4. The first kappa shape index (κ1) is 20.0. The van der Waals surface area contributed by atoms with Crippen LogP contribution in [0.2, 0.25) is 0 Å². The van der Waals surface area contributed by atoms with Crippen molar-refractivity contribution in [2.24, 2.45) is 0 Å². The van der Waals surface area contributed by atoms with Crippen molar-refractivity contribution in [2.75, 3.05) is 0 Å². The Hall–Kier alpha value is -0.740. The highest BCUT2D eigenvalue weighted by Crippen LogP contribution is 2.44. The Morgan fingerprint density at radius 3 is 1.62 bits per heavy atom. The summed E-state index contributed by atoms with van der Waals surface area (Å²) in [4.78, 5) is 23.5. The molecule has 0 atom stereocenters. The molecule has 2 saturated heterocycles. The Morgan fingerprint density at radius 2 is 1.19 bits per heavy atom. The van der Waals surface area contributed by atoms with E-state index in [0.717, 1.165) is 38.5 Å². The molecule has 148 valence electrons. The van der Waals surface area contributed by atoms with Gasteiger partial charge in [0, 0.05) is 12.8 Å². The Bertz CT molecular complexity index is 548. The van der Waals surface area contributed by atoms with E-state index in [1.165, 1.54) is 25.7 Å². The second-order valence-electron chi connectivity index (χ2n) is 9.97. The zero-order valence-corrected chi connectivity index (χ0v) is 17.1. The number of ether oxygens (including phenoxy) is 2. The van der Waals surface area contributed by atoms with Gasteiger partial charge >= 0.3 is 0 Å². The van der Waals surface area contributed by atoms with Gasteiger partial charge in [-0.2, -0.15) is 0 Å². The van der Waals surface area contributed by atoms with Gasteiger partial charge in [-0.3, -0.25) is 9.59 Å². The SMILES string of the molecule is CC1(C)CC(=O)C2(CCCCC2)O1.CC1(C)OC2(CCCCC2)CC1=O. The Morgan fingerprint density at radius 1 is 0.654 bits per heavy atom. The predicted molar refractivity (Wildman–Crippen MR) is 101 cm³/mol. The summed E-state index contributed by atoms with van der Waals surface area (Å²) in [6.45, 7) is 7.85. The minimum absolute atomic E-state index is 0.0706. The van der Waals surface area contributed by atoms with E-state index in [1.54, 1.807) is 0 Å². The normalized spacial score (nSPS) is 31.1. The van der Waals surface area contributed by atoms with Gasteiger partial charge in [0.05, 0.1) is 11.2 Å². The second kappa shape index (κ2) is 7.01. The molecule has 0 unspecified atom stereocenters. The third-order valence-electron chi connectivity index (χ3n) is 6.62. The van der Waals surface area contributed by atoms with Crippen molar-refractivity contribution < 1.29 is 19.1 Å². The van der Waals surface area contributed by atoms with Crippen molar-refractivity contribution in [3.8, 4) is 0 Å². The average Bonchev–Trinajstić information content (AvgIpc) is 2.90. The number of hydrogen-bond acceptors (Lipinski definition) is 4. The molecule has 0 bridgehead atoms. The fourth-order valence-electron chi connectivity index (χ4n) is 5.29. The molecule has 4 nitrogen and oxygen atoms in total. The van der Waals surface area contributed by atoms with Crippen LogP contribution >= 0.6 is 0 Å². The quantitative estimate of drug-likeness (QED) is 0.612. The predicted octanol–water partition coefficient (Wildman–Crippen LogP) is 4.91. The van der Waals surface area contributed by atoms with Crippen LogP contribution in [0.5, 0.6) is 0 Å². The maximum atomic E-state index is 11.8. The van der Waals surface area contributed by atoms with Gasteiger partial charge in [0.15, 0.2) is 11.6 Å². The summed E-state index contributed by atoms with van der Waals surface area (Å²) in [6, 6.07) is 0. The van der Waals surface area contributed by atoms with Crippen molar-refractivity contribution in [1.82, 2.24) is 0 Å². The van der Waals surface area contributed by atoms with Gasteiger partial charge in [-0.25, -0.2) is 0 Å². The molecule has 2 spiro atoms. The molecule has 0 amide bonds. The molecule has 0 aromatic rings. The summed E-state index contributed by atoms with van der Waals surface area (Å²) in [5.74, 6) is 0.631. The van der Waals surface area contributed by atoms with Crippen molar-refractivity contribution in [1.29, 1.82) is 0 Å². The summed E-state index contributed by atoms with van der Waals surface area (Å²) in [6.07, 6.45) is 12.7. The first-order valence-electron chi connectivity index (χ1n) is 10.6. The van der Waals surface area contributed by atoms with Crippen molar-refractivity contribution in [2.45, 2.75) is 127 Å². The van der Waals surface area contributed by atoms with Gasteiger partial charge in [-0.15, -0.1) is 0 Å². The van der Waals surface area contributed by atoms with Crippen LogP contribution in [0.1, 0.15) is 105 Å². The van der Waals surface area contributed by atoms with E-state index in [4.69, 9.17) is 9.47 Å². The first-order valence-corrected chi connectivity index (χ1v) is 10.6. The van der Waals surface area contributed by atoms with E-state index in [2.05, 4.69) is 0 Å². The number of ketones is 2. The van der Waals surface area contributed by atoms with Crippen LogP contribution < -0.4 is 0 Å². The van der Waals surface area contributed by atoms with Gasteiger partial charge in [0.2, 0.25) is 0 Å². The molecule has 0 aromatic carbocycles. The number of carbonyl (C=O) groups excluding carboxylic acids is 2. The lowest BCUT2D eigenvalue weighted by Crippen LogP contribution is -2.39. The topological polar surface area (TPSA) is 52.6 Å². The van der Waals surface area contributed by atoms with E-state index in [-0.39, 0.29) is 22.6 Å². The summed E-state index contributed by atoms with van der Waals surface area (Å²) in [7, 11) is 0. The van der Waals surface area contributed by atoms with Crippen molar-refractivity contribution >= 4 is 11.6 Å². The highest BCUT2D eigenvalue weighted by Gasteiger charge is 2.51. The minimum Gasteiger partial charge on any atom is -0.361 e. The molecule has 26 heavy (non-hydrogen) atoms. The average molecular weight is 365 g/mol. The highest BCUT2D eigenvalue weighted by molar-refractivity contribution is 5.90. The third-order valence-corrected chi connectivity index (χ3v) is 6.62. The summed E-state index contributed by atoms with van der Waals surface area (Å²) >= 11 is 0. The van der Waals surface area contributed by atoms with Crippen LogP contribution in [-0.2, 0) is 19.1 Å². The molecule has 0 N–H and O–H groups in total. The molecule has 2 heterocycles. The number of rotatable bonds is 0. The molecule has 4 heteroatoms. The maximum Gasteiger partial charge on any atom is 0.167 e. The van der Waals surface area contributed by atoms with Crippen LogP contribution in [0.25, 0.3) is 0 Å². The largest absolute Gasteiger partial charge is 0.361 e. The van der Waals surface area contributed by atoms with E-state index in [1.807, 2.05) is 27.7 Å². The molecule has 4 aliphatic rings. The Labute approximate surface area is 158 Å². The van der Waals surface area contributed by atoms with E-state index in [9.17, 15) is 9.59 Å². The van der Waals surface area contributed by atoms with Gasteiger partial charge in [-0.05, 0) is 53.4 Å². The molecular weight excluding hydrogens is 328 g/mol. The maximum absolute atomic E-state index is 11.8. The van der Waals surface area contributed by atoms with Crippen LogP contribution in [-0.4, -0.2) is 34.0 Å².